The highest BCUT2D eigenvalue weighted by molar-refractivity contribution is 6.01. The van der Waals surface area contributed by atoms with E-state index in [1.165, 1.54) is 6.92 Å². The minimum atomic E-state index is -1.03. The van der Waals surface area contributed by atoms with Crippen LogP contribution in [0.15, 0.2) is 11.1 Å². The van der Waals surface area contributed by atoms with Crippen LogP contribution in [-0.4, -0.2) is 60.5 Å². The highest BCUT2D eigenvalue weighted by atomic mass is 16.4. The van der Waals surface area contributed by atoms with Gasteiger partial charge in [0.2, 0.25) is 5.91 Å². The predicted molar refractivity (Wildman–Crippen MR) is 69.3 cm³/mol. The van der Waals surface area contributed by atoms with Gasteiger partial charge >= 0.3 is 5.97 Å². The number of likely N-dealkylation sites (N-methyl/N-ethyl adjacent to an activating group) is 1. The third-order valence-electron chi connectivity index (χ3n) is 3.57. The van der Waals surface area contributed by atoms with Crippen LogP contribution in [0, 0.1) is 5.92 Å². The van der Waals surface area contributed by atoms with E-state index in [9.17, 15) is 9.59 Å². The second kappa shape index (κ2) is 6.00. The topological polar surface area (TPSA) is 60.9 Å². The molecule has 0 aromatic heterocycles. The third-order valence-corrected chi connectivity index (χ3v) is 3.57. The van der Waals surface area contributed by atoms with E-state index in [2.05, 4.69) is 11.9 Å². The van der Waals surface area contributed by atoms with Gasteiger partial charge in [0, 0.05) is 31.3 Å². The van der Waals surface area contributed by atoms with Gasteiger partial charge in [0.15, 0.2) is 0 Å². The van der Waals surface area contributed by atoms with Gasteiger partial charge in [-0.05, 0) is 39.8 Å². The minimum absolute atomic E-state index is 0.121. The summed E-state index contributed by atoms with van der Waals surface area (Å²) in [4.78, 5) is 26.7. The number of carboxylic acid groups (broad SMARTS) is 1. The first-order chi connectivity index (χ1) is 8.32. The summed E-state index contributed by atoms with van der Waals surface area (Å²) in [6, 6.07) is 0. The molecule has 5 heteroatoms. The van der Waals surface area contributed by atoms with Gasteiger partial charge in [-0.1, -0.05) is 0 Å². The zero-order valence-electron chi connectivity index (χ0n) is 11.6. The van der Waals surface area contributed by atoms with Crippen LogP contribution in [-0.2, 0) is 9.59 Å². The molecule has 102 valence electrons. The fourth-order valence-corrected chi connectivity index (χ4v) is 2.25. The fraction of sp³-hybridized carbons (Fsp3) is 0.692. The minimum Gasteiger partial charge on any atom is -0.478 e. The number of aliphatic carboxylic acids is 1. The first-order valence-electron chi connectivity index (χ1n) is 6.17. The SMILES string of the molecule is CC(C(=O)O)=C(C)C(=O)N(C)CC1CCN(C)C1. The summed E-state index contributed by atoms with van der Waals surface area (Å²) < 4.78 is 0. The van der Waals surface area contributed by atoms with Gasteiger partial charge in [-0.25, -0.2) is 4.79 Å². The van der Waals surface area contributed by atoms with Crippen molar-refractivity contribution >= 4 is 11.9 Å². The Morgan fingerprint density at radius 2 is 1.94 bits per heavy atom. The molecule has 1 saturated heterocycles. The number of nitrogens with zero attached hydrogens (tertiary/aromatic N) is 2. The van der Waals surface area contributed by atoms with Gasteiger partial charge in [0.1, 0.15) is 0 Å². The van der Waals surface area contributed by atoms with Gasteiger partial charge in [-0.2, -0.15) is 0 Å². The predicted octanol–water partition coefficient (Wildman–Crippen LogP) is 0.818. The van der Waals surface area contributed by atoms with E-state index in [1.54, 1.807) is 18.9 Å². The molecule has 0 aromatic carbocycles. The highest BCUT2D eigenvalue weighted by Crippen LogP contribution is 2.16. The Kier molecular flexibility index (Phi) is 4.90. The molecule has 0 saturated carbocycles. The fourth-order valence-electron chi connectivity index (χ4n) is 2.25. The first-order valence-corrected chi connectivity index (χ1v) is 6.17. The summed E-state index contributed by atoms with van der Waals surface area (Å²) in [7, 11) is 3.81. The second-order valence-electron chi connectivity index (χ2n) is 5.16. The molecule has 0 spiro atoms. The summed E-state index contributed by atoms with van der Waals surface area (Å²) in [6.45, 7) is 5.79. The van der Waals surface area contributed by atoms with E-state index in [4.69, 9.17) is 5.11 Å². The van der Waals surface area contributed by atoms with Crippen LogP contribution >= 0.6 is 0 Å². The van der Waals surface area contributed by atoms with E-state index in [0.29, 0.717) is 18.0 Å². The molecule has 1 heterocycles. The van der Waals surface area contributed by atoms with Crippen molar-refractivity contribution in [3.05, 3.63) is 11.1 Å². The van der Waals surface area contributed by atoms with E-state index >= 15 is 0 Å². The van der Waals surface area contributed by atoms with Crippen LogP contribution < -0.4 is 0 Å². The van der Waals surface area contributed by atoms with Crippen LogP contribution in [0.2, 0.25) is 0 Å². The van der Waals surface area contributed by atoms with Crippen LogP contribution in [0.3, 0.4) is 0 Å². The quantitative estimate of drug-likeness (QED) is 0.754. The van der Waals surface area contributed by atoms with E-state index in [1.807, 2.05) is 0 Å². The summed E-state index contributed by atoms with van der Waals surface area (Å²) in [5.74, 6) is -0.735. The van der Waals surface area contributed by atoms with Crippen molar-refractivity contribution in [3.63, 3.8) is 0 Å². The molecule has 0 aromatic rings. The standard InChI is InChI=1S/C13H22N2O3/c1-9(10(2)13(17)18)12(16)15(4)8-11-5-6-14(3)7-11/h11H,5-8H2,1-4H3,(H,17,18). The van der Waals surface area contributed by atoms with Crippen LogP contribution in [0.25, 0.3) is 0 Å². The molecule has 5 nitrogen and oxygen atoms in total. The number of hydrogen-bond donors (Lipinski definition) is 1. The summed E-state index contributed by atoms with van der Waals surface area (Å²) in [5, 5.41) is 8.87. The van der Waals surface area contributed by atoms with Crippen molar-refractivity contribution < 1.29 is 14.7 Å². The lowest BCUT2D eigenvalue weighted by Crippen LogP contribution is -2.34. The van der Waals surface area contributed by atoms with Crippen molar-refractivity contribution in [2.75, 3.05) is 33.7 Å². The van der Waals surface area contributed by atoms with Crippen LogP contribution in [0.5, 0.6) is 0 Å². The Labute approximate surface area is 108 Å². The third kappa shape index (κ3) is 3.57. The largest absolute Gasteiger partial charge is 0.478 e. The maximum Gasteiger partial charge on any atom is 0.331 e. The second-order valence-corrected chi connectivity index (χ2v) is 5.16. The smallest absolute Gasteiger partial charge is 0.331 e. The summed E-state index contributed by atoms with van der Waals surface area (Å²) >= 11 is 0. The number of rotatable bonds is 4. The molecule has 1 fully saturated rings. The zero-order chi connectivity index (χ0) is 13.9. The molecule has 18 heavy (non-hydrogen) atoms. The number of carboxylic acids is 1. The summed E-state index contributed by atoms with van der Waals surface area (Å²) in [6.07, 6.45) is 1.09. The molecule has 1 rings (SSSR count). The van der Waals surface area contributed by atoms with E-state index in [0.717, 1.165) is 19.5 Å². The van der Waals surface area contributed by atoms with Crippen molar-refractivity contribution in [1.82, 2.24) is 9.80 Å². The molecule has 0 bridgehead atoms. The molecule has 0 aliphatic carbocycles. The Bertz CT molecular complexity index is 376. The van der Waals surface area contributed by atoms with Gasteiger partial charge in [-0.15, -0.1) is 0 Å². The maximum atomic E-state index is 12.0. The Morgan fingerprint density at radius 3 is 2.39 bits per heavy atom. The molecule has 1 aliphatic heterocycles. The van der Waals surface area contributed by atoms with Crippen LogP contribution in [0.1, 0.15) is 20.3 Å². The average molecular weight is 254 g/mol. The van der Waals surface area contributed by atoms with Crippen LogP contribution in [0.4, 0.5) is 0 Å². The van der Waals surface area contributed by atoms with Crippen molar-refractivity contribution in [2.24, 2.45) is 5.92 Å². The van der Waals surface area contributed by atoms with E-state index in [-0.39, 0.29) is 11.5 Å². The maximum absolute atomic E-state index is 12.0. The zero-order valence-corrected chi connectivity index (χ0v) is 11.6. The number of hydrogen-bond acceptors (Lipinski definition) is 3. The summed E-state index contributed by atoms with van der Waals surface area (Å²) in [5.41, 5.74) is 0.437. The number of carbonyl (C=O) groups excluding carboxylic acids is 1. The molecular formula is C13H22N2O3. The van der Waals surface area contributed by atoms with Gasteiger partial charge in [-0.3, -0.25) is 4.79 Å². The highest BCUT2D eigenvalue weighted by Gasteiger charge is 2.24. The lowest BCUT2D eigenvalue weighted by Gasteiger charge is -2.22. The molecular weight excluding hydrogens is 232 g/mol. The normalized spacial score (nSPS) is 21.7. The Hall–Kier alpha value is -1.36. The van der Waals surface area contributed by atoms with Crippen molar-refractivity contribution in [3.8, 4) is 0 Å². The van der Waals surface area contributed by atoms with Gasteiger partial charge in [0.05, 0.1) is 0 Å². The van der Waals surface area contributed by atoms with Gasteiger partial charge < -0.3 is 14.9 Å². The Balaban J connectivity index is 2.61. The lowest BCUT2D eigenvalue weighted by atomic mass is 10.1. The average Bonchev–Trinajstić information content (AvgIpc) is 2.71. The Morgan fingerprint density at radius 1 is 1.33 bits per heavy atom. The molecule has 1 atom stereocenters. The molecule has 1 N–H and O–H groups in total. The lowest BCUT2D eigenvalue weighted by molar-refractivity contribution is -0.133. The molecule has 0 radical (unpaired) electrons. The van der Waals surface area contributed by atoms with Gasteiger partial charge in [0.25, 0.3) is 0 Å². The molecule has 1 aliphatic rings. The number of likely N-dealkylation sites (tertiary alicyclic amines) is 1. The van der Waals surface area contributed by atoms with Crippen molar-refractivity contribution in [1.29, 1.82) is 0 Å². The van der Waals surface area contributed by atoms with Crippen molar-refractivity contribution in [2.45, 2.75) is 20.3 Å². The number of amides is 1. The number of carbonyl (C=O) groups is 2. The monoisotopic (exact) mass is 254 g/mol. The first kappa shape index (κ1) is 14.7. The molecule has 1 unspecified atom stereocenters. The van der Waals surface area contributed by atoms with E-state index < -0.39 is 5.97 Å². The molecule has 1 amide bonds.